The second-order valence-electron chi connectivity index (χ2n) is 3.34. The Morgan fingerprint density at radius 1 is 1.53 bits per heavy atom. The lowest BCUT2D eigenvalue weighted by Crippen LogP contribution is -2.01. The van der Waals surface area contributed by atoms with Gasteiger partial charge in [0.2, 0.25) is 0 Å². The summed E-state index contributed by atoms with van der Waals surface area (Å²) < 4.78 is 2.78. The number of aliphatic hydroxyl groups is 1. The van der Waals surface area contributed by atoms with Gasteiger partial charge in [-0.1, -0.05) is 0 Å². The first-order valence-corrected chi connectivity index (χ1v) is 6.18. The molecule has 0 radical (unpaired) electrons. The maximum atomic E-state index is 9.94. The van der Waals surface area contributed by atoms with Crippen LogP contribution < -0.4 is 0 Å². The van der Waals surface area contributed by atoms with Crippen LogP contribution in [0.2, 0.25) is 0 Å². The number of hydrogen-bond donors (Lipinski definition) is 1. The minimum atomic E-state index is -0.462. The second kappa shape index (κ2) is 4.47. The summed E-state index contributed by atoms with van der Waals surface area (Å²) >= 11 is 4.93. The molecule has 1 N–H and O–H groups in total. The van der Waals surface area contributed by atoms with Crippen molar-refractivity contribution in [2.24, 2.45) is 7.05 Å². The maximum absolute atomic E-state index is 9.94. The molecule has 15 heavy (non-hydrogen) atoms. The third-order valence-electron chi connectivity index (χ3n) is 2.09. The minimum absolute atomic E-state index is 0.462. The van der Waals surface area contributed by atoms with E-state index in [-0.39, 0.29) is 0 Å². The summed E-state index contributed by atoms with van der Waals surface area (Å²) in [5.74, 6) is 0. The van der Waals surface area contributed by atoms with E-state index in [1.807, 2.05) is 31.4 Å². The zero-order valence-electron chi connectivity index (χ0n) is 8.22. The van der Waals surface area contributed by atoms with Crippen LogP contribution in [0.3, 0.4) is 0 Å². The summed E-state index contributed by atoms with van der Waals surface area (Å²) in [6.07, 6.45) is 1.98. The minimum Gasteiger partial charge on any atom is -0.387 e. The topological polar surface area (TPSA) is 38.0 Å². The molecule has 80 valence electrons. The van der Waals surface area contributed by atoms with E-state index in [0.717, 1.165) is 14.4 Å². The highest BCUT2D eigenvalue weighted by Gasteiger charge is 2.12. The zero-order chi connectivity index (χ0) is 10.8. The highest BCUT2D eigenvalue weighted by molar-refractivity contribution is 9.11. The predicted molar refractivity (Wildman–Crippen MR) is 63.9 cm³/mol. The van der Waals surface area contributed by atoms with Crippen LogP contribution in [-0.4, -0.2) is 14.9 Å². The average molecular weight is 287 g/mol. The van der Waals surface area contributed by atoms with Crippen molar-refractivity contribution in [3.63, 3.8) is 0 Å². The molecular formula is C10H11BrN2OS. The predicted octanol–water partition coefficient (Wildman–Crippen LogP) is 2.52. The Kier molecular flexibility index (Phi) is 3.23. The lowest BCUT2D eigenvalue weighted by atomic mass is 10.2. The molecule has 1 atom stereocenters. The molecule has 2 aromatic heterocycles. The molecule has 0 aliphatic heterocycles. The normalized spacial score (nSPS) is 13.0. The fourth-order valence-corrected chi connectivity index (χ4v) is 2.79. The first-order valence-electron chi connectivity index (χ1n) is 4.57. The molecule has 0 aromatic carbocycles. The number of nitrogens with zero attached hydrogens (tertiary/aromatic N) is 2. The SMILES string of the molecule is Cn1ccc(CC(O)c2ccc(Br)s2)n1. The quantitative estimate of drug-likeness (QED) is 0.942. The molecule has 0 saturated carbocycles. The summed E-state index contributed by atoms with van der Waals surface area (Å²) in [5.41, 5.74) is 0.912. The van der Waals surface area contributed by atoms with Crippen LogP contribution in [0.25, 0.3) is 0 Å². The number of rotatable bonds is 3. The number of thiophene rings is 1. The Labute approximate surface area is 100 Å². The van der Waals surface area contributed by atoms with Gasteiger partial charge in [-0.15, -0.1) is 11.3 Å². The van der Waals surface area contributed by atoms with Crippen molar-refractivity contribution < 1.29 is 5.11 Å². The van der Waals surface area contributed by atoms with Crippen LogP contribution >= 0.6 is 27.3 Å². The van der Waals surface area contributed by atoms with Gasteiger partial charge >= 0.3 is 0 Å². The highest BCUT2D eigenvalue weighted by atomic mass is 79.9. The van der Waals surface area contributed by atoms with Crippen molar-refractivity contribution >= 4 is 27.3 Å². The van der Waals surface area contributed by atoms with Gasteiger partial charge in [0, 0.05) is 24.5 Å². The number of aryl methyl sites for hydroxylation is 1. The largest absolute Gasteiger partial charge is 0.387 e. The third-order valence-corrected chi connectivity index (χ3v) is 3.82. The van der Waals surface area contributed by atoms with Crippen molar-refractivity contribution in [1.82, 2.24) is 9.78 Å². The van der Waals surface area contributed by atoms with Crippen LogP contribution in [0, 0.1) is 0 Å². The Balaban J connectivity index is 2.06. The molecule has 0 amide bonds. The van der Waals surface area contributed by atoms with Crippen LogP contribution in [0.1, 0.15) is 16.7 Å². The summed E-state index contributed by atoms with van der Waals surface area (Å²) in [4.78, 5) is 0.965. The van der Waals surface area contributed by atoms with Gasteiger partial charge in [0.15, 0.2) is 0 Å². The van der Waals surface area contributed by atoms with Crippen molar-refractivity contribution in [2.75, 3.05) is 0 Å². The van der Waals surface area contributed by atoms with Crippen LogP contribution in [-0.2, 0) is 13.5 Å². The maximum Gasteiger partial charge on any atom is 0.0938 e. The monoisotopic (exact) mass is 286 g/mol. The standard InChI is InChI=1S/C10H11BrN2OS/c1-13-5-4-7(12-13)6-8(14)9-2-3-10(11)15-9/h2-5,8,14H,6H2,1H3. The number of aromatic nitrogens is 2. The molecule has 3 nitrogen and oxygen atoms in total. The Bertz CT molecular complexity index is 452. The lowest BCUT2D eigenvalue weighted by Gasteiger charge is -2.05. The van der Waals surface area contributed by atoms with Crippen LogP contribution in [0.5, 0.6) is 0 Å². The van der Waals surface area contributed by atoms with Gasteiger partial charge in [-0.05, 0) is 34.1 Å². The Morgan fingerprint density at radius 2 is 2.33 bits per heavy atom. The smallest absolute Gasteiger partial charge is 0.0938 e. The summed E-state index contributed by atoms with van der Waals surface area (Å²) in [6, 6.07) is 5.80. The van der Waals surface area contributed by atoms with E-state index >= 15 is 0 Å². The van der Waals surface area contributed by atoms with E-state index in [9.17, 15) is 5.11 Å². The van der Waals surface area contributed by atoms with Crippen LogP contribution in [0.15, 0.2) is 28.2 Å². The van der Waals surface area contributed by atoms with Gasteiger partial charge in [-0.25, -0.2) is 0 Å². The number of halogens is 1. The fourth-order valence-electron chi connectivity index (χ4n) is 1.38. The molecule has 1 unspecified atom stereocenters. The van der Waals surface area contributed by atoms with Crippen molar-refractivity contribution in [3.8, 4) is 0 Å². The van der Waals surface area contributed by atoms with Crippen molar-refractivity contribution in [1.29, 1.82) is 0 Å². The molecule has 2 rings (SSSR count). The molecule has 0 saturated heterocycles. The molecule has 0 fully saturated rings. The third kappa shape index (κ3) is 2.68. The Hall–Kier alpha value is -0.650. The number of aliphatic hydroxyl groups excluding tert-OH is 1. The van der Waals surface area contributed by atoms with Gasteiger partial charge in [0.25, 0.3) is 0 Å². The summed E-state index contributed by atoms with van der Waals surface area (Å²) in [5, 5.41) is 14.2. The highest BCUT2D eigenvalue weighted by Crippen LogP contribution is 2.28. The first kappa shape index (κ1) is 10.9. The van der Waals surface area contributed by atoms with Gasteiger partial charge in [-0.3, -0.25) is 4.68 Å². The Morgan fingerprint density at radius 3 is 2.87 bits per heavy atom. The van der Waals surface area contributed by atoms with Gasteiger partial charge in [0.1, 0.15) is 0 Å². The summed E-state index contributed by atoms with van der Waals surface area (Å²) in [6.45, 7) is 0. The van der Waals surface area contributed by atoms with Gasteiger partial charge < -0.3 is 5.11 Å². The van der Waals surface area contributed by atoms with Crippen molar-refractivity contribution in [3.05, 3.63) is 38.8 Å². The van der Waals surface area contributed by atoms with Crippen LogP contribution in [0.4, 0.5) is 0 Å². The van der Waals surface area contributed by atoms with Gasteiger partial charge in [0.05, 0.1) is 15.6 Å². The average Bonchev–Trinajstić information content (AvgIpc) is 2.75. The van der Waals surface area contributed by atoms with Crippen molar-refractivity contribution in [2.45, 2.75) is 12.5 Å². The van der Waals surface area contributed by atoms with E-state index in [2.05, 4.69) is 21.0 Å². The molecule has 0 aliphatic carbocycles. The van der Waals surface area contributed by atoms with Gasteiger partial charge in [-0.2, -0.15) is 5.10 Å². The molecule has 2 heterocycles. The molecule has 0 aliphatic rings. The van der Waals surface area contributed by atoms with E-state index in [1.165, 1.54) is 0 Å². The number of hydrogen-bond acceptors (Lipinski definition) is 3. The van der Waals surface area contributed by atoms with E-state index in [4.69, 9.17) is 0 Å². The zero-order valence-corrected chi connectivity index (χ0v) is 10.6. The fraction of sp³-hybridized carbons (Fsp3) is 0.300. The molecule has 0 bridgehead atoms. The van der Waals surface area contributed by atoms with E-state index < -0.39 is 6.10 Å². The molecule has 2 aromatic rings. The molecule has 0 spiro atoms. The second-order valence-corrected chi connectivity index (χ2v) is 5.84. The summed E-state index contributed by atoms with van der Waals surface area (Å²) in [7, 11) is 1.87. The lowest BCUT2D eigenvalue weighted by molar-refractivity contribution is 0.181. The first-order chi connectivity index (χ1) is 7.15. The van der Waals surface area contributed by atoms with E-state index in [0.29, 0.717) is 6.42 Å². The van der Waals surface area contributed by atoms with E-state index in [1.54, 1.807) is 16.0 Å². The molecule has 5 heteroatoms. The molecular weight excluding hydrogens is 276 g/mol.